The van der Waals surface area contributed by atoms with Crippen LogP contribution in [0.2, 0.25) is 0 Å². The number of aryl methyl sites for hydroxylation is 1. The van der Waals surface area contributed by atoms with E-state index < -0.39 is 6.43 Å². The summed E-state index contributed by atoms with van der Waals surface area (Å²) in [4.78, 5) is 14.8. The topological polar surface area (TPSA) is 38.1 Å². The molecule has 2 atom stereocenters. The number of carbonyl (C=O) groups excluding carboxylic acids is 1. The van der Waals surface area contributed by atoms with E-state index in [4.69, 9.17) is 0 Å². The summed E-state index contributed by atoms with van der Waals surface area (Å²) >= 11 is 0. The number of aromatic nitrogens is 2. The lowest BCUT2D eigenvalue weighted by atomic mass is 9.81. The number of carbonyl (C=O) groups is 1. The van der Waals surface area contributed by atoms with Crippen molar-refractivity contribution in [2.24, 2.45) is 7.05 Å². The van der Waals surface area contributed by atoms with Gasteiger partial charge >= 0.3 is 0 Å². The first-order chi connectivity index (χ1) is 12.9. The van der Waals surface area contributed by atoms with E-state index >= 15 is 0 Å². The molecule has 146 valence electrons. The molecule has 1 amide bonds. The number of benzene rings is 1. The molecule has 1 aliphatic rings. The SMILES string of the molecule is Cc1c(C2CN(C(=O)CCCCC(F)F)C(C)c3ccccc32)cnn1C. The third-order valence-electron chi connectivity index (χ3n) is 5.70. The van der Waals surface area contributed by atoms with Gasteiger partial charge in [-0.1, -0.05) is 24.3 Å². The van der Waals surface area contributed by atoms with E-state index in [1.807, 2.05) is 48.8 Å². The maximum Gasteiger partial charge on any atom is 0.238 e. The molecule has 2 aromatic rings. The zero-order chi connectivity index (χ0) is 19.6. The second-order valence-electron chi connectivity index (χ2n) is 7.35. The lowest BCUT2D eigenvalue weighted by molar-refractivity contribution is -0.134. The molecule has 2 unspecified atom stereocenters. The number of halogens is 2. The van der Waals surface area contributed by atoms with E-state index in [1.54, 1.807) is 0 Å². The molecule has 1 aromatic heterocycles. The molecule has 4 nitrogen and oxygen atoms in total. The molecule has 0 saturated heterocycles. The number of unbranched alkanes of at least 4 members (excludes halogenated alkanes) is 1. The lowest BCUT2D eigenvalue weighted by Crippen LogP contribution is -2.41. The summed E-state index contributed by atoms with van der Waals surface area (Å²) in [6, 6.07) is 8.23. The number of nitrogens with zero attached hydrogens (tertiary/aromatic N) is 3. The fourth-order valence-corrected chi connectivity index (χ4v) is 3.99. The van der Waals surface area contributed by atoms with Crippen LogP contribution in [0, 0.1) is 6.92 Å². The van der Waals surface area contributed by atoms with Gasteiger partial charge in [0, 0.05) is 43.6 Å². The Morgan fingerprint density at radius 1 is 1.22 bits per heavy atom. The molecule has 0 fully saturated rings. The van der Waals surface area contributed by atoms with Crippen LogP contribution in [0.25, 0.3) is 0 Å². The van der Waals surface area contributed by atoms with Gasteiger partial charge in [-0.25, -0.2) is 8.78 Å². The van der Waals surface area contributed by atoms with Crippen LogP contribution in [0.3, 0.4) is 0 Å². The Morgan fingerprint density at radius 2 is 1.93 bits per heavy atom. The Hall–Kier alpha value is -2.24. The maximum absolute atomic E-state index is 12.8. The van der Waals surface area contributed by atoms with Gasteiger partial charge < -0.3 is 4.90 Å². The van der Waals surface area contributed by atoms with Crippen molar-refractivity contribution < 1.29 is 13.6 Å². The fraction of sp³-hybridized carbons (Fsp3) is 0.524. The monoisotopic (exact) mass is 375 g/mol. The van der Waals surface area contributed by atoms with Gasteiger partial charge in [-0.05, 0) is 37.8 Å². The van der Waals surface area contributed by atoms with Gasteiger partial charge in [-0.15, -0.1) is 0 Å². The molecule has 1 aromatic carbocycles. The van der Waals surface area contributed by atoms with Gasteiger partial charge in [0.15, 0.2) is 0 Å². The van der Waals surface area contributed by atoms with E-state index in [1.165, 1.54) is 5.56 Å². The van der Waals surface area contributed by atoms with Gasteiger partial charge in [0.05, 0.1) is 12.2 Å². The first-order valence-corrected chi connectivity index (χ1v) is 9.55. The van der Waals surface area contributed by atoms with Crippen LogP contribution >= 0.6 is 0 Å². The van der Waals surface area contributed by atoms with E-state index in [-0.39, 0.29) is 24.3 Å². The molecule has 27 heavy (non-hydrogen) atoms. The van der Waals surface area contributed by atoms with Crippen molar-refractivity contribution in [2.75, 3.05) is 6.54 Å². The average molecular weight is 375 g/mol. The molecule has 0 radical (unpaired) electrons. The summed E-state index contributed by atoms with van der Waals surface area (Å²) in [5, 5.41) is 4.37. The van der Waals surface area contributed by atoms with Crippen LogP contribution in [-0.2, 0) is 11.8 Å². The van der Waals surface area contributed by atoms with E-state index in [9.17, 15) is 13.6 Å². The predicted molar refractivity (Wildman–Crippen MR) is 101 cm³/mol. The Morgan fingerprint density at radius 3 is 2.56 bits per heavy atom. The Labute approximate surface area is 159 Å². The summed E-state index contributed by atoms with van der Waals surface area (Å²) in [6.45, 7) is 4.68. The predicted octanol–water partition coefficient (Wildman–Crippen LogP) is 4.59. The highest BCUT2D eigenvalue weighted by Gasteiger charge is 2.34. The third kappa shape index (κ3) is 4.04. The van der Waals surface area contributed by atoms with E-state index in [0.29, 0.717) is 25.8 Å². The van der Waals surface area contributed by atoms with Crippen molar-refractivity contribution in [3.8, 4) is 0 Å². The first-order valence-electron chi connectivity index (χ1n) is 9.55. The van der Waals surface area contributed by atoms with Crippen LogP contribution in [0.1, 0.15) is 67.0 Å². The highest BCUT2D eigenvalue weighted by molar-refractivity contribution is 5.77. The highest BCUT2D eigenvalue weighted by Crippen LogP contribution is 2.40. The van der Waals surface area contributed by atoms with E-state index in [2.05, 4.69) is 17.2 Å². The average Bonchev–Trinajstić information content (AvgIpc) is 2.98. The van der Waals surface area contributed by atoms with Crippen molar-refractivity contribution in [1.82, 2.24) is 14.7 Å². The molecule has 0 N–H and O–H groups in total. The Bertz CT molecular complexity index is 802. The molecular formula is C21H27F2N3O. The second-order valence-corrected chi connectivity index (χ2v) is 7.35. The molecule has 2 heterocycles. The van der Waals surface area contributed by atoms with Crippen molar-refractivity contribution in [2.45, 2.75) is 57.9 Å². The minimum Gasteiger partial charge on any atom is -0.335 e. The first kappa shape index (κ1) is 19.5. The summed E-state index contributed by atoms with van der Waals surface area (Å²) < 4.78 is 26.5. The van der Waals surface area contributed by atoms with E-state index in [0.717, 1.165) is 16.8 Å². The summed E-state index contributed by atoms with van der Waals surface area (Å²) in [7, 11) is 1.92. The second kappa shape index (κ2) is 8.19. The van der Waals surface area contributed by atoms with Crippen molar-refractivity contribution in [1.29, 1.82) is 0 Å². The largest absolute Gasteiger partial charge is 0.335 e. The summed E-state index contributed by atoms with van der Waals surface area (Å²) in [5.74, 6) is 0.119. The quantitative estimate of drug-likeness (QED) is 0.693. The maximum atomic E-state index is 12.8. The minimum atomic E-state index is -2.29. The van der Waals surface area contributed by atoms with Gasteiger partial charge in [-0.2, -0.15) is 5.10 Å². The number of amides is 1. The molecule has 0 spiro atoms. The Kier molecular flexibility index (Phi) is 5.92. The summed E-state index contributed by atoms with van der Waals surface area (Å²) in [5.41, 5.74) is 4.61. The number of hydrogen-bond acceptors (Lipinski definition) is 2. The molecule has 0 bridgehead atoms. The normalized spacial score (nSPS) is 19.4. The van der Waals surface area contributed by atoms with Crippen molar-refractivity contribution in [3.05, 3.63) is 52.8 Å². The standard InChI is InChI=1S/C21H27F2N3O/c1-14-18(12-24-25(14)3)19-13-26(21(27)11-7-6-10-20(22)23)15(2)16-8-4-5-9-17(16)19/h4-5,8-9,12,15,19-20H,6-7,10-11,13H2,1-3H3. The lowest BCUT2D eigenvalue weighted by Gasteiger charge is -2.40. The molecule has 0 saturated carbocycles. The van der Waals surface area contributed by atoms with Crippen LogP contribution < -0.4 is 0 Å². The van der Waals surface area contributed by atoms with Crippen molar-refractivity contribution in [3.63, 3.8) is 0 Å². The van der Waals surface area contributed by atoms with Gasteiger partial charge in [0.25, 0.3) is 0 Å². The fourth-order valence-electron chi connectivity index (χ4n) is 3.99. The van der Waals surface area contributed by atoms with Crippen LogP contribution in [0.4, 0.5) is 8.78 Å². The van der Waals surface area contributed by atoms with Crippen molar-refractivity contribution >= 4 is 5.91 Å². The molecule has 0 aliphatic carbocycles. The highest BCUT2D eigenvalue weighted by atomic mass is 19.3. The van der Waals surface area contributed by atoms with Crippen LogP contribution in [-0.4, -0.2) is 33.6 Å². The van der Waals surface area contributed by atoms with Crippen LogP contribution in [0.15, 0.2) is 30.5 Å². The van der Waals surface area contributed by atoms with Gasteiger partial charge in [0.1, 0.15) is 0 Å². The number of alkyl halides is 2. The zero-order valence-corrected chi connectivity index (χ0v) is 16.2. The zero-order valence-electron chi connectivity index (χ0n) is 16.2. The summed E-state index contributed by atoms with van der Waals surface area (Å²) in [6.07, 6.45) is 0.663. The Balaban J connectivity index is 1.83. The molecule has 6 heteroatoms. The number of fused-ring (bicyclic) bond motifs is 1. The molecular weight excluding hydrogens is 348 g/mol. The van der Waals surface area contributed by atoms with Gasteiger partial charge in [-0.3, -0.25) is 9.48 Å². The molecule has 1 aliphatic heterocycles. The smallest absolute Gasteiger partial charge is 0.238 e. The third-order valence-corrected chi connectivity index (χ3v) is 5.70. The number of rotatable bonds is 6. The number of hydrogen-bond donors (Lipinski definition) is 0. The minimum absolute atomic E-state index is 0.0166. The van der Waals surface area contributed by atoms with Gasteiger partial charge in [0.2, 0.25) is 12.3 Å². The molecule has 3 rings (SSSR count). The van der Waals surface area contributed by atoms with Crippen LogP contribution in [0.5, 0.6) is 0 Å².